The summed E-state index contributed by atoms with van der Waals surface area (Å²) in [7, 11) is 0. The lowest BCUT2D eigenvalue weighted by Gasteiger charge is -2.34. The molecule has 1 aliphatic heterocycles. The van der Waals surface area contributed by atoms with Gasteiger partial charge in [0.1, 0.15) is 18.0 Å². The molecule has 6 rings (SSSR count). The zero-order valence-corrected chi connectivity index (χ0v) is 27.3. The first-order valence-electron chi connectivity index (χ1n) is 15.8. The summed E-state index contributed by atoms with van der Waals surface area (Å²) in [6.45, 7) is 8.94. The number of halogens is 1. The predicted molar refractivity (Wildman–Crippen MR) is 178 cm³/mol. The monoisotopic (exact) mass is 642 g/mol. The number of nitrogens with one attached hydrogen (secondary N) is 1. The number of nitrogens with zero attached hydrogens (tertiary/aromatic N) is 3. The summed E-state index contributed by atoms with van der Waals surface area (Å²) in [6, 6.07) is 20.9. The van der Waals surface area contributed by atoms with Gasteiger partial charge in [0.2, 0.25) is 0 Å². The van der Waals surface area contributed by atoms with E-state index >= 15 is 0 Å². The van der Waals surface area contributed by atoms with Crippen molar-refractivity contribution in [3.05, 3.63) is 99.1 Å². The lowest BCUT2D eigenvalue weighted by atomic mass is 9.96. The highest BCUT2D eigenvalue weighted by Gasteiger charge is 2.31. The van der Waals surface area contributed by atoms with Crippen LogP contribution in [0.4, 0.5) is 9.59 Å². The van der Waals surface area contributed by atoms with Crippen molar-refractivity contribution in [1.29, 1.82) is 0 Å². The third-order valence-corrected chi connectivity index (χ3v) is 9.05. The second-order valence-corrected chi connectivity index (χ2v) is 13.5. The van der Waals surface area contributed by atoms with Gasteiger partial charge in [0.05, 0.1) is 22.0 Å². The average molecular weight is 643 g/mol. The van der Waals surface area contributed by atoms with Crippen LogP contribution in [0.3, 0.4) is 0 Å². The number of piperidine rings is 1. The molecule has 0 spiro atoms. The van der Waals surface area contributed by atoms with Crippen LogP contribution in [0, 0.1) is 5.92 Å². The van der Waals surface area contributed by atoms with Crippen molar-refractivity contribution >= 4 is 34.7 Å². The number of hydrogen-bond acceptors (Lipinski definition) is 6. The molecule has 1 aromatic heterocycles. The molecule has 1 atom stereocenters. The Kier molecular flexibility index (Phi) is 8.79. The third kappa shape index (κ3) is 6.47. The molecule has 0 saturated carbocycles. The summed E-state index contributed by atoms with van der Waals surface area (Å²) in [5.74, 6) is 0.459. The highest BCUT2D eigenvalue weighted by atomic mass is 35.5. The maximum absolute atomic E-state index is 13.9. The zero-order chi connectivity index (χ0) is 32.6. The molecule has 3 aromatic carbocycles. The van der Waals surface area contributed by atoms with Crippen LogP contribution in [0.25, 0.3) is 22.0 Å². The molecule has 10 heteroatoms. The molecule has 2 aliphatic rings. The Bertz CT molecular complexity index is 1800. The summed E-state index contributed by atoms with van der Waals surface area (Å²) in [5.41, 5.74) is 4.20. The van der Waals surface area contributed by atoms with E-state index < -0.39 is 17.7 Å². The van der Waals surface area contributed by atoms with Gasteiger partial charge >= 0.3 is 12.2 Å². The van der Waals surface area contributed by atoms with Gasteiger partial charge in [-0.1, -0.05) is 66.2 Å². The first-order chi connectivity index (χ1) is 22.0. The van der Waals surface area contributed by atoms with Crippen molar-refractivity contribution in [1.82, 2.24) is 19.8 Å². The molecule has 1 saturated heterocycles. The summed E-state index contributed by atoms with van der Waals surface area (Å²) < 4.78 is 13.0. The molecule has 2 amide bonds. The summed E-state index contributed by atoms with van der Waals surface area (Å²) >= 11 is 6.47. The van der Waals surface area contributed by atoms with Gasteiger partial charge in [0, 0.05) is 25.6 Å². The molecule has 2 heterocycles. The van der Waals surface area contributed by atoms with E-state index in [0.29, 0.717) is 54.2 Å². The molecule has 1 N–H and O–H groups in total. The number of likely N-dealkylation sites (tertiary alicyclic amines) is 1. The largest absolute Gasteiger partial charge is 0.449 e. The highest BCUT2D eigenvalue weighted by molar-refractivity contribution is 6.35. The van der Waals surface area contributed by atoms with Crippen LogP contribution in [0.2, 0.25) is 5.02 Å². The second-order valence-electron chi connectivity index (χ2n) is 13.1. The van der Waals surface area contributed by atoms with Crippen LogP contribution < -0.4 is 10.9 Å². The van der Waals surface area contributed by atoms with E-state index in [4.69, 9.17) is 26.1 Å². The fraction of sp³-hybridized carbons (Fsp3) is 0.389. The number of ether oxygens (including phenoxy) is 2. The minimum absolute atomic E-state index is 0.0703. The Morgan fingerprint density at radius 3 is 2.24 bits per heavy atom. The van der Waals surface area contributed by atoms with Gasteiger partial charge in [-0.05, 0) is 80.8 Å². The summed E-state index contributed by atoms with van der Waals surface area (Å²) in [4.78, 5) is 46.2. The molecule has 0 unspecified atom stereocenters. The SMILES string of the molecule is C[C@H](NC(=O)OCC1c2ccccc2-c2ccccc21)c1nc2cccc(Cl)c2c(=O)n1CC1CCN(C(=O)OC(C)(C)C)CC1. The molecule has 9 nitrogen and oxygen atoms in total. The smallest absolute Gasteiger partial charge is 0.410 e. The molecule has 0 bridgehead atoms. The van der Waals surface area contributed by atoms with Crippen molar-refractivity contribution in [2.24, 2.45) is 5.92 Å². The molecule has 240 valence electrons. The van der Waals surface area contributed by atoms with Gasteiger partial charge in [0.25, 0.3) is 5.56 Å². The number of carbonyl (C=O) groups excluding carboxylic acids is 2. The second kappa shape index (κ2) is 12.8. The fourth-order valence-corrected chi connectivity index (χ4v) is 6.76. The molecular formula is C36H39ClN4O5. The number of benzene rings is 3. The molecular weight excluding hydrogens is 604 g/mol. The number of amides is 2. The van der Waals surface area contributed by atoms with Crippen LogP contribution in [0.15, 0.2) is 71.5 Å². The van der Waals surface area contributed by atoms with Crippen molar-refractivity contribution in [2.45, 2.75) is 64.6 Å². The molecule has 46 heavy (non-hydrogen) atoms. The van der Waals surface area contributed by atoms with Crippen LogP contribution >= 0.6 is 11.6 Å². The number of fused-ring (bicyclic) bond motifs is 4. The fourth-order valence-electron chi connectivity index (χ4n) is 6.51. The third-order valence-electron chi connectivity index (χ3n) is 8.73. The van der Waals surface area contributed by atoms with E-state index in [2.05, 4.69) is 29.6 Å². The van der Waals surface area contributed by atoms with Crippen LogP contribution in [-0.2, 0) is 16.0 Å². The van der Waals surface area contributed by atoms with E-state index in [1.807, 2.05) is 45.0 Å². The maximum Gasteiger partial charge on any atom is 0.410 e. The zero-order valence-electron chi connectivity index (χ0n) is 26.6. The summed E-state index contributed by atoms with van der Waals surface area (Å²) in [6.07, 6.45) is 0.468. The van der Waals surface area contributed by atoms with Gasteiger partial charge in [-0.3, -0.25) is 9.36 Å². The van der Waals surface area contributed by atoms with E-state index in [0.717, 1.165) is 22.3 Å². The molecule has 4 aromatic rings. The van der Waals surface area contributed by atoms with Gasteiger partial charge in [-0.25, -0.2) is 14.6 Å². The first-order valence-corrected chi connectivity index (χ1v) is 16.2. The topological polar surface area (TPSA) is 103 Å². The molecule has 1 fully saturated rings. The Balaban J connectivity index is 1.18. The van der Waals surface area contributed by atoms with Crippen molar-refractivity contribution in [2.75, 3.05) is 19.7 Å². The number of rotatable bonds is 6. The number of carbonyl (C=O) groups is 2. The van der Waals surface area contributed by atoms with Gasteiger partial charge < -0.3 is 19.7 Å². The minimum Gasteiger partial charge on any atom is -0.449 e. The Labute approximate surface area is 273 Å². The van der Waals surface area contributed by atoms with Gasteiger partial charge in [0.15, 0.2) is 0 Å². The molecule has 1 aliphatic carbocycles. The maximum atomic E-state index is 13.9. The summed E-state index contributed by atoms with van der Waals surface area (Å²) in [5, 5.41) is 3.58. The first kappa shape index (κ1) is 31.6. The van der Waals surface area contributed by atoms with E-state index in [9.17, 15) is 14.4 Å². The van der Waals surface area contributed by atoms with Gasteiger partial charge in [-0.2, -0.15) is 0 Å². The van der Waals surface area contributed by atoms with E-state index in [1.165, 1.54) is 0 Å². The number of aromatic nitrogens is 2. The molecule has 0 radical (unpaired) electrons. The minimum atomic E-state index is -0.631. The lowest BCUT2D eigenvalue weighted by molar-refractivity contribution is 0.0177. The highest BCUT2D eigenvalue weighted by Crippen LogP contribution is 2.44. The van der Waals surface area contributed by atoms with Gasteiger partial charge in [-0.15, -0.1) is 0 Å². The number of alkyl carbamates (subject to hydrolysis) is 1. The normalized spacial score (nSPS) is 15.7. The Hall–Kier alpha value is -4.37. The number of hydrogen-bond donors (Lipinski definition) is 1. The Morgan fingerprint density at radius 1 is 0.978 bits per heavy atom. The van der Waals surface area contributed by atoms with Crippen molar-refractivity contribution < 1.29 is 19.1 Å². The van der Waals surface area contributed by atoms with Crippen molar-refractivity contribution in [3.63, 3.8) is 0 Å². The average Bonchev–Trinajstić information content (AvgIpc) is 3.34. The van der Waals surface area contributed by atoms with Crippen molar-refractivity contribution in [3.8, 4) is 11.1 Å². The van der Waals surface area contributed by atoms with E-state index in [1.54, 1.807) is 34.6 Å². The lowest BCUT2D eigenvalue weighted by Crippen LogP contribution is -2.43. The van der Waals surface area contributed by atoms with Crippen LogP contribution in [-0.4, -0.2) is 51.9 Å². The quantitative estimate of drug-likeness (QED) is 0.237. The predicted octanol–water partition coefficient (Wildman–Crippen LogP) is 7.30. The van der Waals surface area contributed by atoms with Crippen LogP contribution in [0.1, 0.15) is 69.4 Å². The van der Waals surface area contributed by atoms with Crippen LogP contribution in [0.5, 0.6) is 0 Å². The van der Waals surface area contributed by atoms with E-state index in [-0.39, 0.29) is 30.1 Å². The Morgan fingerprint density at radius 2 is 1.61 bits per heavy atom. The standard InChI is InChI=1S/C36H39ClN4O5/c1-22(38-34(43)45-21-28-26-12-7-5-10-24(26)25-11-6-8-13-27(25)28)32-39-30-15-9-14-29(37)31(30)33(42)41(32)20-23-16-18-40(19-17-23)35(44)46-36(2,3)4/h5-15,22-23,28H,16-21H2,1-4H3,(H,38,43)/t22-/m0/s1.